The van der Waals surface area contributed by atoms with Crippen LogP contribution >= 0.6 is 11.6 Å². The van der Waals surface area contributed by atoms with Crippen LogP contribution in [0.2, 0.25) is 5.02 Å². The zero-order chi connectivity index (χ0) is 23.4. The van der Waals surface area contributed by atoms with Gasteiger partial charge in [-0.3, -0.25) is 4.79 Å². The van der Waals surface area contributed by atoms with E-state index in [1.807, 2.05) is 0 Å². The highest BCUT2D eigenvalue weighted by Gasteiger charge is 2.31. The second-order valence-corrected chi connectivity index (χ2v) is 8.24. The maximum atomic E-state index is 12.9. The van der Waals surface area contributed by atoms with Gasteiger partial charge in [0.2, 0.25) is 18.3 Å². The molecule has 168 valence electrons. The van der Waals surface area contributed by atoms with Crippen LogP contribution in [0.15, 0.2) is 64.8 Å². The van der Waals surface area contributed by atoms with E-state index in [1.165, 1.54) is 0 Å². The van der Waals surface area contributed by atoms with E-state index in [9.17, 15) is 9.59 Å². The molecule has 7 nitrogen and oxygen atoms in total. The highest BCUT2D eigenvalue weighted by Crippen LogP contribution is 2.40. The van der Waals surface area contributed by atoms with Gasteiger partial charge in [-0.1, -0.05) is 17.7 Å². The Morgan fingerprint density at radius 2 is 1.88 bits per heavy atom. The van der Waals surface area contributed by atoms with Crippen LogP contribution in [0.3, 0.4) is 0 Å². The lowest BCUT2D eigenvalue weighted by atomic mass is 10.1. The molecule has 0 unspecified atom stereocenters. The molecule has 6 rings (SSSR count). The van der Waals surface area contributed by atoms with Crippen LogP contribution in [0.4, 0.5) is 0 Å². The SMILES string of the molecule is Cc1c(OC(=O)c2cc3cc(Cl)ccc3o2)ccc2c1O/C(=C\c1ccc3c(c1)OCO3)C2=O. The molecular formula is C26H15ClO7. The van der Waals surface area contributed by atoms with Crippen molar-refractivity contribution in [2.75, 3.05) is 6.79 Å². The van der Waals surface area contributed by atoms with Gasteiger partial charge in [-0.25, -0.2) is 4.79 Å². The number of hydrogen-bond donors (Lipinski definition) is 0. The van der Waals surface area contributed by atoms with Gasteiger partial charge in [0.05, 0.1) is 5.56 Å². The lowest BCUT2D eigenvalue weighted by Gasteiger charge is -2.09. The van der Waals surface area contributed by atoms with E-state index in [0.29, 0.717) is 44.4 Å². The number of fused-ring (bicyclic) bond motifs is 3. The molecule has 0 bridgehead atoms. The lowest BCUT2D eigenvalue weighted by Crippen LogP contribution is -2.08. The summed E-state index contributed by atoms with van der Waals surface area (Å²) < 4.78 is 27.7. The van der Waals surface area contributed by atoms with Crippen LogP contribution in [0.5, 0.6) is 23.0 Å². The molecule has 0 amide bonds. The summed E-state index contributed by atoms with van der Waals surface area (Å²) >= 11 is 6.00. The summed E-state index contributed by atoms with van der Waals surface area (Å²) in [4.78, 5) is 25.6. The first-order valence-corrected chi connectivity index (χ1v) is 10.7. The van der Waals surface area contributed by atoms with E-state index in [4.69, 9.17) is 35.0 Å². The third-order valence-electron chi connectivity index (χ3n) is 5.61. The van der Waals surface area contributed by atoms with E-state index < -0.39 is 5.97 Å². The average molecular weight is 475 g/mol. The third-order valence-corrected chi connectivity index (χ3v) is 5.85. The van der Waals surface area contributed by atoms with E-state index in [2.05, 4.69) is 0 Å². The third kappa shape index (κ3) is 3.38. The topological polar surface area (TPSA) is 84.2 Å². The van der Waals surface area contributed by atoms with E-state index in [1.54, 1.807) is 67.6 Å². The van der Waals surface area contributed by atoms with Crippen LogP contribution in [0, 0.1) is 6.92 Å². The summed E-state index contributed by atoms with van der Waals surface area (Å²) in [6.45, 7) is 1.88. The van der Waals surface area contributed by atoms with Crippen molar-refractivity contribution in [3.8, 4) is 23.0 Å². The minimum absolute atomic E-state index is 0.0394. The van der Waals surface area contributed by atoms with Crippen LogP contribution in [-0.4, -0.2) is 18.5 Å². The number of carbonyl (C=O) groups is 2. The molecule has 2 aliphatic heterocycles. The van der Waals surface area contributed by atoms with Crippen molar-refractivity contribution in [2.24, 2.45) is 0 Å². The standard InChI is InChI=1S/C26H15ClO7/c1-13-18(34-26(29)23-11-15-10-16(27)3-6-19(15)32-23)7-4-17-24(28)22(33-25(13)17)9-14-2-5-20-21(8-14)31-12-30-20/h2-11H,12H2,1H3/b22-9-. The quantitative estimate of drug-likeness (QED) is 0.206. The second-order valence-electron chi connectivity index (χ2n) is 7.80. The number of rotatable bonds is 3. The number of halogens is 1. The molecule has 0 N–H and O–H groups in total. The zero-order valence-corrected chi connectivity index (χ0v) is 18.5. The maximum Gasteiger partial charge on any atom is 0.379 e. The monoisotopic (exact) mass is 474 g/mol. The second kappa shape index (κ2) is 7.67. The number of ketones is 1. The van der Waals surface area contributed by atoms with Gasteiger partial charge in [0.1, 0.15) is 17.1 Å². The number of ether oxygens (including phenoxy) is 4. The first kappa shape index (κ1) is 20.4. The Hall–Kier alpha value is -4.23. The van der Waals surface area contributed by atoms with Gasteiger partial charge in [0.25, 0.3) is 0 Å². The smallest absolute Gasteiger partial charge is 0.379 e. The highest BCUT2D eigenvalue weighted by molar-refractivity contribution is 6.31. The fourth-order valence-electron chi connectivity index (χ4n) is 3.90. The van der Waals surface area contributed by atoms with Gasteiger partial charge in [-0.05, 0) is 67.1 Å². The zero-order valence-electron chi connectivity index (χ0n) is 17.7. The molecule has 34 heavy (non-hydrogen) atoms. The summed E-state index contributed by atoms with van der Waals surface area (Å²) in [7, 11) is 0. The molecule has 3 heterocycles. The minimum Gasteiger partial charge on any atom is -0.454 e. The van der Waals surface area contributed by atoms with Gasteiger partial charge in [-0.2, -0.15) is 0 Å². The molecule has 0 atom stereocenters. The van der Waals surface area contributed by atoms with Gasteiger partial charge < -0.3 is 23.4 Å². The molecule has 0 aliphatic carbocycles. The molecule has 3 aromatic carbocycles. The summed E-state index contributed by atoms with van der Waals surface area (Å²) in [5, 5.41) is 1.23. The maximum absolute atomic E-state index is 12.9. The van der Waals surface area contributed by atoms with Crippen LogP contribution < -0.4 is 18.9 Å². The normalized spacial score (nSPS) is 15.0. The Bertz CT molecular complexity index is 1550. The lowest BCUT2D eigenvalue weighted by molar-refractivity contribution is 0.0702. The van der Waals surface area contributed by atoms with Crippen molar-refractivity contribution in [1.82, 2.24) is 0 Å². The minimum atomic E-state index is -0.671. The predicted octanol–water partition coefficient (Wildman–Crippen LogP) is 5.96. The Morgan fingerprint density at radius 1 is 1.03 bits per heavy atom. The van der Waals surface area contributed by atoms with Gasteiger partial charge >= 0.3 is 5.97 Å². The first-order valence-electron chi connectivity index (χ1n) is 10.3. The molecule has 2 aliphatic rings. The molecule has 0 spiro atoms. The molecule has 4 aromatic rings. The van der Waals surface area contributed by atoms with Crippen molar-refractivity contribution < 1.29 is 33.0 Å². The summed E-state index contributed by atoms with van der Waals surface area (Å²) in [6, 6.07) is 15.1. The number of esters is 1. The Kier molecular flexibility index (Phi) is 4.60. The largest absolute Gasteiger partial charge is 0.454 e. The fraction of sp³-hybridized carbons (Fsp3) is 0.0769. The summed E-state index contributed by atoms with van der Waals surface area (Å²) in [6.07, 6.45) is 1.63. The van der Waals surface area contributed by atoms with Crippen molar-refractivity contribution in [1.29, 1.82) is 0 Å². The number of carbonyl (C=O) groups excluding carboxylic acids is 2. The van der Waals surface area contributed by atoms with Gasteiger partial charge in [-0.15, -0.1) is 0 Å². The van der Waals surface area contributed by atoms with Crippen LogP contribution in [0.25, 0.3) is 17.0 Å². The summed E-state index contributed by atoms with van der Waals surface area (Å²) in [5.74, 6) is 1.14. The average Bonchev–Trinajstić information content (AvgIpc) is 3.53. The van der Waals surface area contributed by atoms with Crippen LogP contribution in [-0.2, 0) is 0 Å². The fourth-order valence-corrected chi connectivity index (χ4v) is 4.08. The van der Waals surface area contributed by atoms with Crippen molar-refractivity contribution in [3.05, 3.63) is 87.8 Å². The Morgan fingerprint density at radius 3 is 2.76 bits per heavy atom. The summed E-state index contributed by atoms with van der Waals surface area (Å²) in [5.41, 5.74) is 2.17. The molecule has 0 saturated carbocycles. The molecular weight excluding hydrogens is 460 g/mol. The molecule has 0 radical (unpaired) electrons. The highest BCUT2D eigenvalue weighted by atomic mass is 35.5. The number of Topliss-reactive ketones (excluding diaryl/α,β-unsaturated/α-hetero) is 1. The van der Waals surface area contributed by atoms with Gasteiger partial charge in [0.15, 0.2) is 17.3 Å². The van der Waals surface area contributed by atoms with Crippen molar-refractivity contribution in [2.45, 2.75) is 6.92 Å². The van der Waals surface area contributed by atoms with Crippen LogP contribution in [0.1, 0.15) is 32.0 Å². The Balaban J connectivity index is 1.26. The number of allylic oxidation sites excluding steroid dienone is 1. The van der Waals surface area contributed by atoms with E-state index in [-0.39, 0.29) is 29.8 Å². The number of hydrogen-bond acceptors (Lipinski definition) is 7. The molecule has 1 aromatic heterocycles. The predicted molar refractivity (Wildman–Crippen MR) is 123 cm³/mol. The Labute approximate surface area is 198 Å². The molecule has 0 fully saturated rings. The van der Waals surface area contributed by atoms with Crippen molar-refractivity contribution >= 4 is 40.4 Å². The van der Waals surface area contributed by atoms with E-state index in [0.717, 1.165) is 5.56 Å². The number of benzene rings is 3. The van der Waals surface area contributed by atoms with Gasteiger partial charge in [0, 0.05) is 16.0 Å². The molecule has 8 heteroatoms. The van der Waals surface area contributed by atoms with Crippen molar-refractivity contribution in [3.63, 3.8) is 0 Å². The first-order chi connectivity index (χ1) is 16.5. The molecule has 0 saturated heterocycles. The number of furan rings is 1. The van der Waals surface area contributed by atoms with E-state index >= 15 is 0 Å².